The van der Waals surface area contributed by atoms with Crippen LogP contribution >= 0.6 is 0 Å². The van der Waals surface area contributed by atoms with Gasteiger partial charge in [-0.05, 0) is 75.1 Å². The van der Waals surface area contributed by atoms with Gasteiger partial charge in [-0.25, -0.2) is 0 Å². The number of hydrogen-bond donors (Lipinski definition) is 1. The summed E-state index contributed by atoms with van der Waals surface area (Å²) < 4.78 is 0. The molecule has 2 N–H and O–H groups in total. The molecule has 2 aromatic carbocycles. The Balaban J connectivity index is 1.62. The second kappa shape index (κ2) is 13.5. The minimum Gasteiger partial charge on any atom is -0.365 e. The molecule has 0 aromatic heterocycles. The third-order valence-corrected chi connectivity index (χ3v) is 7.40. The number of aryl methyl sites for hydroxylation is 2. The minimum absolute atomic E-state index is 0.127. The van der Waals surface area contributed by atoms with Gasteiger partial charge in [0.25, 0.3) is 0 Å². The average Bonchev–Trinajstić information content (AvgIpc) is 2.88. The molecule has 0 aliphatic carbocycles. The minimum atomic E-state index is -0.369. The summed E-state index contributed by atoms with van der Waals surface area (Å²) in [5.41, 5.74) is 11.6. The molecule has 1 aliphatic heterocycles. The summed E-state index contributed by atoms with van der Waals surface area (Å²) in [6.45, 7) is 11.1. The fourth-order valence-corrected chi connectivity index (χ4v) is 4.87. The number of nitrogens with zero attached hydrogens (tertiary/aromatic N) is 2. The summed E-state index contributed by atoms with van der Waals surface area (Å²) in [7, 11) is 0. The highest BCUT2D eigenvalue weighted by atomic mass is 16.2. The van der Waals surface area contributed by atoms with Crippen LogP contribution in [-0.2, 0) is 17.6 Å². The van der Waals surface area contributed by atoms with Crippen molar-refractivity contribution in [3.8, 4) is 0 Å². The zero-order valence-corrected chi connectivity index (χ0v) is 22.2. The number of rotatable bonds is 11. The molecule has 0 spiro atoms. The first-order chi connectivity index (χ1) is 16.9. The van der Waals surface area contributed by atoms with Crippen LogP contribution in [-0.4, -0.2) is 42.5 Å². The van der Waals surface area contributed by atoms with Crippen LogP contribution in [0.15, 0.2) is 66.2 Å². The topological polar surface area (TPSA) is 49.6 Å². The van der Waals surface area contributed by atoms with E-state index in [9.17, 15) is 4.79 Å². The van der Waals surface area contributed by atoms with E-state index in [2.05, 4.69) is 93.3 Å². The van der Waals surface area contributed by atoms with Crippen LogP contribution in [0.25, 0.3) is 0 Å². The van der Waals surface area contributed by atoms with Crippen LogP contribution in [0.1, 0.15) is 64.5 Å². The van der Waals surface area contributed by atoms with E-state index in [1.807, 2.05) is 4.90 Å². The molecule has 1 heterocycles. The highest BCUT2D eigenvalue weighted by Gasteiger charge is 2.29. The summed E-state index contributed by atoms with van der Waals surface area (Å²) >= 11 is 0. The summed E-state index contributed by atoms with van der Waals surface area (Å²) in [5.74, 6) is 0.615. The Morgan fingerprint density at radius 3 is 2.20 bits per heavy atom. The summed E-state index contributed by atoms with van der Waals surface area (Å²) in [6.07, 6.45) is 8.22. The number of likely N-dealkylation sites (tertiary alicyclic amines) is 1. The first-order valence-electron chi connectivity index (χ1n) is 13.4. The first kappa shape index (κ1) is 27.0. The third kappa shape index (κ3) is 8.24. The molecule has 1 fully saturated rings. The number of nitrogens with two attached hydrogens (primary N) is 1. The molecule has 3 rings (SSSR count). The quantitative estimate of drug-likeness (QED) is 0.406. The zero-order chi connectivity index (χ0) is 25.2. The molecule has 190 valence electrons. The van der Waals surface area contributed by atoms with E-state index in [1.165, 1.54) is 22.4 Å². The van der Waals surface area contributed by atoms with Gasteiger partial charge in [-0.2, -0.15) is 0 Å². The largest absolute Gasteiger partial charge is 0.365 e. The lowest BCUT2D eigenvalue weighted by Gasteiger charge is -2.40. The molecule has 0 saturated carbocycles. The number of anilines is 1. The van der Waals surface area contributed by atoms with Crippen molar-refractivity contribution in [2.45, 2.75) is 78.3 Å². The fourth-order valence-electron chi connectivity index (χ4n) is 4.87. The van der Waals surface area contributed by atoms with Crippen LogP contribution in [0.5, 0.6) is 0 Å². The molecule has 1 amide bonds. The van der Waals surface area contributed by atoms with Crippen LogP contribution in [0, 0.1) is 5.92 Å². The lowest BCUT2D eigenvalue weighted by Crippen LogP contribution is -2.51. The molecule has 0 radical (unpaired) electrons. The van der Waals surface area contributed by atoms with E-state index < -0.39 is 0 Å². The van der Waals surface area contributed by atoms with Crippen LogP contribution in [0.3, 0.4) is 0 Å². The maximum atomic E-state index is 12.9. The van der Waals surface area contributed by atoms with Crippen molar-refractivity contribution < 1.29 is 4.79 Å². The third-order valence-electron chi connectivity index (χ3n) is 7.40. The second-order valence-corrected chi connectivity index (χ2v) is 10.5. The predicted molar refractivity (Wildman–Crippen MR) is 149 cm³/mol. The van der Waals surface area contributed by atoms with E-state index in [0.29, 0.717) is 12.0 Å². The molecule has 1 unspecified atom stereocenters. The normalized spacial score (nSPS) is 16.0. The smallest absolute Gasteiger partial charge is 0.239 e. The molecular formula is C31H45N3O. The molecule has 1 saturated heterocycles. The van der Waals surface area contributed by atoms with Crippen molar-refractivity contribution >= 4 is 11.6 Å². The van der Waals surface area contributed by atoms with E-state index >= 15 is 0 Å². The van der Waals surface area contributed by atoms with Crippen molar-refractivity contribution in [3.05, 3.63) is 77.4 Å². The van der Waals surface area contributed by atoms with E-state index in [-0.39, 0.29) is 11.9 Å². The predicted octanol–water partition coefficient (Wildman–Crippen LogP) is 6.00. The van der Waals surface area contributed by atoms with Gasteiger partial charge < -0.3 is 15.5 Å². The van der Waals surface area contributed by atoms with Crippen molar-refractivity contribution in [3.63, 3.8) is 0 Å². The van der Waals surface area contributed by atoms with Crippen LogP contribution in [0.4, 0.5) is 5.69 Å². The lowest BCUT2D eigenvalue weighted by molar-refractivity contribution is -0.134. The monoisotopic (exact) mass is 475 g/mol. The molecule has 4 heteroatoms. The van der Waals surface area contributed by atoms with Crippen molar-refractivity contribution in [1.29, 1.82) is 0 Å². The lowest BCUT2D eigenvalue weighted by atomic mass is 9.97. The number of carbonyl (C=O) groups is 1. The Labute approximate surface area is 213 Å². The standard InChI is InChI=1S/C31H45N3O/c1-5-25(4)23-30(32)31(35)33-20-18-29(19-21-33)34(22-17-24(2)3)28-15-13-27(14-16-28)12-11-26-9-7-6-8-10-26/h6-10,13-17,25,29-30H,5,11-12,18-23,32H2,1-4H3/t25?,30-/m1/s1. The Hall–Kier alpha value is -2.59. The van der Waals surface area contributed by atoms with Gasteiger partial charge in [-0.15, -0.1) is 0 Å². The van der Waals surface area contributed by atoms with Gasteiger partial charge in [0.1, 0.15) is 0 Å². The van der Waals surface area contributed by atoms with Gasteiger partial charge in [0.15, 0.2) is 0 Å². The Kier molecular flexibility index (Phi) is 10.4. The van der Waals surface area contributed by atoms with Gasteiger partial charge in [-0.1, -0.05) is 74.4 Å². The number of carbonyl (C=O) groups excluding carboxylic acids is 1. The number of allylic oxidation sites excluding steroid dienone is 1. The molecule has 4 nitrogen and oxygen atoms in total. The van der Waals surface area contributed by atoms with E-state index in [1.54, 1.807) is 0 Å². The van der Waals surface area contributed by atoms with Gasteiger partial charge in [0.2, 0.25) is 5.91 Å². The Morgan fingerprint density at radius 1 is 1.03 bits per heavy atom. The number of hydrogen-bond acceptors (Lipinski definition) is 3. The number of benzene rings is 2. The highest BCUT2D eigenvalue weighted by molar-refractivity contribution is 5.81. The maximum Gasteiger partial charge on any atom is 0.239 e. The molecule has 1 aliphatic rings. The zero-order valence-electron chi connectivity index (χ0n) is 22.2. The van der Waals surface area contributed by atoms with Crippen LogP contribution in [0.2, 0.25) is 0 Å². The SMILES string of the molecule is CCC(C)C[C@@H](N)C(=O)N1CCC(N(CC=C(C)C)c2ccc(CCc3ccccc3)cc2)CC1. The van der Waals surface area contributed by atoms with Crippen molar-refractivity contribution in [1.82, 2.24) is 4.90 Å². The summed E-state index contributed by atoms with van der Waals surface area (Å²) in [5, 5.41) is 0. The molecular weight excluding hydrogens is 430 g/mol. The Bertz CT molecular complexity index is 925. The molecule has 2 atom stereocenters. The fraction of sp³-hybridized carbons (Fsp3) is 0.516. The second-order valence-electron chi connectivity index (χ2n) is 10.5. The van der Waals surface area contributed by atoms with Gasteiger partial charge >= 0.3 is 0 Å². The van der Waals surface area contributed by atoms with E-state index in [4.69, 9.17) is 5.73 Å². The van der Waals surface area contributed by atoms with Gasteiger partial charge in [0, 0.05) is 31.4 Å². The number of amides is 1. The van der Waals surface area contributed by atoms with Crippen molar-refractivity contribution in [2.24, 2.45) is 11.7 Å². The average molecular weight is 476 g/mol. The summed E-state index contributed by atoms with van der Waals surface area (Å²) in [4.78, 5) is 17.4. The highest BCUT2D eigenvalue weighted by Crippen LogP contribution is 2.25. The van der Waals surface area contributed by atoms with Gasteiger partial charge in [0.05, 0.1) is 6.04 Å². The maximum absolute atomic E-state index is 12.9. The van der Waals surface area contributed by atoms with Crippen LogP contribution < -0.4 is 10.6 Å². The molecule has 0 bridgehead atoms. The molecule has 35 heavy (non-hydrogen) atoms. The van der Waals surface area contributed by atoms with E-state index in [0.717, 1.165) is 58.2 Å². The van der Waals surface area contributed by atoms with Crippen molar-refractivity contribution in [2.75, 3.05) is 24.5 Å². The Morgan fingerprint density at radius 2 is 1.63 bits per heavy atom. The van der Waals surface area contributed by atoms with Gasteiger partial charge in [-0.3, -0.25) is 4.79 Å². The number of piperidine rings is 1. The molecule has 2 aromatic rings. The summed E-state index contributed by atoms with van der Waals surface area (Å²) in [6, 6.07) is 19.9. The first-order valence-corrected chi connectivity index (χ1v) is 13.4.